The fourth-order valence-electron chi connectivity index (χ4n) is 1.74. The first-order valence-electron chi connectivity index (χ1n) is 5.98. The minimum Gasteiger partial charge on any atom is -0.496 e. The third-order valence-corrected chi connectivity index (χ3v) is 5.43. The van der Waals surface area contributed by atoms with E-state index < -0.39 is 10.0 Å². The summed E-state index contributed by atoms with van der Waals surface area (Å²) in [5.41, 5.74) is 0.416. The Hall–Kier alpha value is -1.12. The number of methoxy groups -OCH3 is 1. The molecule has 0 unspecified atom stereocenters. The van der Waals surface area contributed by atoms with Crippen molar-refractivity contribution in [2.45, 2.75) is 18.0 Å². The van der Waals surface area contributed by atoms with Gasteiger partial charge in [-0.25, -0.2) is 13.1 Å². The summed E-state index contributed by atoms with van der Waals surface area (Å²) in [5.74, 6) is 0.446. The van der Waals surface area contributed by atoms with Crippen LogP contribution < -0.4 is 9.46 Å². The van der Waals surface area contributed by atoms with Gasteiger partial charge in [-0.1, -0.05) is 11.6 Å². The van der Waals surface area contributed by atoms with Crippen molar-refractivity contribution in [3.8, 4) is 5.75 Å². The van der Waals surface area contributed by atoms with Crippen LogP contribution in [0, 0.1) is 0 Å². The zero-order valence-corrected chi connectivity index (χ0v) is 13.6. The molecular formula is C13H14ClNO4S2. The topological polar surface area (TPSA) is 75.6 Å². The highest BCUT2D eigenvalue weighted by atomic mass is 35.5. The lowest BCUT2D eigenvalue weighted by atomic mass is 10.2. The number of halogens is 1. The van der Waals surface area contributed by atoms with E-state index in [9.17, 15) is 13.5 Å². The molecule has 2 N–H and O–H groups in total. The van der Waals surface area contributed by atoms with Crippen LogP contribution in [0.15, 0.2) is 35.2 Å². The van der Waals surface area contributed by atoms with E-state index in [-0.39, 0.29) is 18.0 Å². The summed E-state index contributed by atoms with van der Waals surface area (Å²) < 4.78 is 32.6. The molecule has 0 aliphatic heterocycles. The van der Waals surface area contributed by atoms with Gasteiger partial charge in [0, 0.05) is 17.0 Å². The number of hydrogen-bond acceptors (Lipinski definition) is 5. The Labute approximate surface area is 132 Å². The molecule has 114 valence electrons. The SMILES string of the molecule is COc1ccc(S(=O)(=O)NCc2ccc(Cl)s2)cc1CO. The molecule has 1 aromatic carbocycles. The van der Waals surface area contributed by atoms with Gasteiger partial charge in [-0.05, 0) is 30.3 Å². The Bertz CT molecular complexity index is 728. The number of benzene rings is 1. The van der Waals surface area contributed by atoms with Gasteiger partial charge in [0.25, 0.3) is 0 Å². The molecule has 8 heteroatoms. The molecule has 0 saturated carbocycles. The molecule has 21 heavy (non-hydrogen) atoms. The molecule has 1 aromatic heterocycles. The second kappa shape index (κ2) is 6.76. The molecular weight excluding hydrogens is 334 g/mol. The quantitative estimate of drug-likeness (QED) is 0.841. The van der Waals surface area contributed by atoms with Gasteiger partial charge in [-0.2, -0.15) is 0 Å². The van der Waals surface area contributed by atoms with Gasteiger partial charge in [0.1, 0.15) is 5.75 Å². The maximum atomic E-state index is 12.2. The van der Waals surface area contributed by atoms with Crippen molar-refractivity contribution in [2.24, 2.45) is 0 Å². The summed E-state index contributed by atoms with van der Waals surface area (Å²) in [6.45, 7) is -0.132. The Morgan fingerprint density at radius 3 is 2.67 bits per heavy atom. The molecule has 0 amide bonds. The highest BCUT2D eigenvalue weighted by molar-refractivity contribution is 7.89. The zero-order valence-electron chi connectivity index (χ0n) is 11.2. The molecule has 0 aliphatic rings. The van der Waals surface area contributed by atoms with E-state index in [1.165, 1.54) is 36.6 Å². The largest absolute Gasteiger partial charge is 0.496 e. The molecule has 0 bridgehead atoms. The third kappa shape index (κ3) is 3.96. The summed E-state index contributed by atoms with van der Waals surface area (Å²) in [6, 6.07) is 7.82. The molecule has 0 fully saturated rings. The lowest BCUT2D eigenvalue weighted by molar-refractivity contribution is 0.273. The minimum absolute atomic E-state index is 0.0787. The number of rotatable bonds is 6. The van der Waals surface area contributed by atoms with Crippen LogP contribution in [-0.4, -0.2) is 20.6 Å². The Morgan fingerprint density at radius 1 is 1.33 bits per heavy atom. The van der Waals surface area contributed by atoms with E-state index in [1.807, 2.05) is 0 Å². The first-order chi connectivity index (χ1) is 9.96. The molecule has 0 aliphatic carbocycles. The molecule has 2 aromatic rings. The average Bonchev–Trinajstić information content (AvgIpc) is 2.90. The summed E-state index contributed by atoms with van der Waals surface area (Å²) >= 11 is 7.12. The fourth-order valence-corrected chi connectivity index (χ4v) is 3.92. The van der Waals surface area contributed by atoms with Crippen molar-refractivity contribution < 1.29 is 18.3 Å². The zero-order chi connectivity index (χ0) is 15.5. The highest BCUT2D eigenvalue weighted by Gasteiger charge is 2.16. The van der Waals surface area contributed by atoms with Crippen LogP contribution in [-0.2, 0) is 23.2 Å². The van der Waals surface area contributed by atoms with Crippen molar-refractivity contribution in [3.63, 3.8) is 0 Å². The maximum Gasteiger partial charge on any atom is 0.240 e. The van der Waals surface area contributed by atoms with Gasteiger partial charge in [-0.15, -0.1) is 11.3 Å². The van der Waals surface area contributed by atoms with Crippen molar-refractivity contribution in [1.82, 2.24) is 4.72 Å². The van der Waals surface area contributed by atoms with Gasteiger partial charge < -0.3 is 9.84 Å². The lowest BCUT2D eigenvalue weighted by Crippen LogP contribution is -2.23. The highest BCUT2D eigenvalue weighted by Crippen LogP contribution is 2.24. The summed E-state index contributed by atoms with van der Waals surface area (Å²) in [7, 11) is -2.20. The van der Waals surface area contributed by atoms with Crippen molar-refractivity contribution >= 4 is 33.0 Å². The van der Waals surface area contributed by atoms with E-state index in [2.05, 4.69) is 4.72 Å². The van der Waals surface area contributed by atoms with Crippen molar-refractivity contribution in [2.75, 3.05) is 7.11 Å². The second-order valence-corrected chi connectivity index (χ2v) is 7.73. The molecule has 5 nitrogen and oxygen atoms in total. The maximum absolute atomic E-state index is 12.2. The number of aliphatic hydroxyl groups excluding tert-OH is 1. The first-order valence-corrected chi connectivity index (χ1v) is 8.65. The van der Waals surface area contributed by atoms with Gasteiger partial charge in [0.2, 0.25) is 10.0 Å². The van der Waals surface area contributed by atoms with Crippen LogP contribution in [0.25, 0.3) is 0 Å². The van der Waals surface area contributed by atoms with E-state index in [1.54, 1.807) is 12.1 Å². The number of aliphatic hydroxyl groups is 1. The summed E-state index contributed by atoms with van der Waals surface area (Å²) in [4.78, 5) is 0.898. The third-order valence-electron chi connectivity index (χ3n) is 2.80. The molecule has 0 saturated heterocycles. The van der Waals surface area contributed by atoms with E-state index in [4.69, 9.17) is 16.3 Å². The Kier molecular flexibility index (Phi) is 5.23. The number of sulfonamides is 1. The normalized spacial score (nSPS) is 11.6. The van der Waals surface area contributed by atoms with Crippen LogP contribution in [0.1, 0.15) is 10.4 Å². The van der Waals surface area contributed by atoms with Gasteiger partial charge in [0.15, 0.2) is 0 Å². The lowest BCUT2D eigenvalue weighted by Gasteiger charge is -2.10. The van der Waals surface area contributed by atoms with Crippen LogP contribution in [0.5, 0.6) is 5.75 Å². The van der Waals surface area contributed by atoms with Gasteiger partial charge in [-0.3, -0.25) is 0 Å². The number of hydrogen-bond donors (Lipinski definition) is 2. The van der Waals surface area contributed by atoms with Crippen LogP contribution in [0.2, 0.25) is 4.34 Å². The predicted octanol–water partition coefficient (Wildman–Crippen LogP) is 2.38. The van der Waals surface area contributed by atoms with Crippen LogP contribution in [0.4, 0.5) is 0 Å². The van der Waals surface area contributed by atoms with Crippen molar-refractivity contribution in [3.05, 3.63) is 45.1 Å². The Morgan fingerprint density at radius 2 is 2.10 bits per heavy atom. The van der Waals surface area contributed by atoms with Crippen LogP contribution >= 0.6 is 22.9 Å². The van der Waals surface area contributed by atoms with E-state index >= 15 is 0 Å². The first kappa shape index (κ1) is 16.3. The van der Waals surface area contributed by atoms with Gasteiger partial charge in [0.05, 0.1) is 22.9 Å². The minimum atomic E-state index is -3.66. The fraction of sp³-hybridized carbons (Fsp3) is 0.231. The second-order valence-electron chi connectivity index (χ2n) is 4.16. The Balaban J connectivity index is 2.19. The van der Waals surface area contributed by atoms with Crippen molar-refractivity contribution in [1.29, 1.82) is 0 Å². The van der Waals surface area contributed by atoms with E-state index in [0.29, 0.717) is 15.6 Å². The molecule has 0 atom stereocenters. The standard InChI is InChI=1S/C13H14ClNO4S2/c1-19-12-4-3-11(6-9(12)8-16)21(17,18)15-7-10-2-5-13(14)20-10/h2-6,15-16H,7-8H2,1H3. The van der Waals surface area contributed by atoms with Crippen LogP contribution in [0.3, 0.4) is 0 Å². The predicted molar refractivity (Wildman–Crippen MR) is 82.3 cm³/mol. The molecule has 0 radical (unpaired) electrons. The summed E-state index contributed by atoms with van der Waals surface area (Å²) in [6.07, 6.45) is 0. The van der Waals surface area contributed by atoms with E-state index in [0.717, 1.165) is 4.88 Å². The van der Waals surface area contributed by atoms with Gasteiger partial charge >= 0.3 is 0 Å². The summed E-state index contributed by atoms with van der Waals surface area (Å²) in [5, 5.41) is 9.24. The number of ether oxygens (including phenoxy) is 1. The molecule has 0 spiro atoms. The number of thiophene rings is 1. The smallest absolute Gasteiger partial charge is 0.240 e. The monoisotopic (exact) mass is 347 g/mol. The molecule has 1 heterocycles. The average molecular weight is 348 g/mol. The number of nitrogens with one attached hydrogen (secondary N) is 1. The molecule has 2 rings (SSSR count).